The molecule has 1 aromatic rings. The van der Waals surface area contributed by atoms with E-state index >= 15 is 0 Å². The minimum absolute atomic E-state index is 0.309. The molecule has 0 saturated heterocycles. The first kappa shape index (κ1) is 6.54. The Morgan fingerprint density at radius 1 is 1.45 bits per heavy atom. The maximum atomic E-state index is 9.15. The van der Waals surface area contributed by atoms with Crippen LogP contribution in [0.3, 0.4) is 0 Å². The number of aliphatic hydroxyl groups is 1. The highest BCUT2D eigenvalue weighted by atomic mass is 16.3. The van der Waals surface area contributed by atoms with Crippen molar-refractivity contribution in [3.05, 3.63) is 18.5 Å². The molecule has 1 atom stereocenters. The molecule has 2 rings (SSSR count). The summed E-state index contributed by atoms with van der Waals surface area (Å²) in [4.78, 5) is 1.55. The van der Waals surface area contributed by atoms with Crippen molar-refractivity contribution in [2.45, 2.75) is 18.9 Å². The van der Waals surface area contributed by atoms with E-state index in [0.29, 0.717) is 0 Å². The summed E-state index contributed by atoms with van der Waals surface area (Å²) in [6.07, 6.45) is 6.39. The summed E-state index contributed by atoms with van der Waals surface area (Å²) < 4.78 is 0. The maximum Gasteiger partial charge on any atom is 0.0745 e. The molecule has 0 fully saturated rings. The first-order valence-corrected chi connectivity index (χ1v) is 3.62. The number of hydrogen-bond donors (Lipinski definition) is 1. The third kappa shape index (κ3) is 1.17. The summed E-state index contributed by atoms with van der Waals surface area (Å²) >= 11 is 0. The van der Waals surface area contributed by atoms with E-state index < -0.39 is 0 Å². The Morgan fingerprint density at radius 3 is 2.73 bits per heavy atom. The average molecular weight is 151 g/mol. The molecule has 4 heteroatoms. The maximum absolute atomic E-state index is 9.15. The Bertz CT molecular complexity index is 265. The van der Waals surface area contributed by atoms with Crippen molar-refractivity contribution in [3.63, 3.8) is 0 Å². The first-order valence-electron chi connectivity index (χ1n) is 3.62. The van der Waals surface area contributed by atoms with Crippen molar-refractivity contribution in [2.24, 2.45) is 0 Å². The van der Waals surface area contributed by atoms with Gasteiger partial charge in [-0.2, -0.15) is 15.0 Å². The largest absolute Gasteiger partial charge is 0.389 e. The van der Waals surface area contributed by atoms with Crippen LogP contribution in [0.2, 0.25) is 0 Å². The van der Waals surface area contributed by atoms with Gasteiger partial charge >= 0.3 is 0 Å². The van der Waals surface area contributed by atoms with E-state index in [9.17, 15) is 0 Å². The monoisotopic (exact) mass is 151 g/mol. The van der Waals surface area contributed by atoms with Crippen LogP contribution >= 0.6 is 0 Å². The Labute approximate surface area is 64.2 Å². The number of aromatic nitrogens is 3. The lowest BCUT2D eigenvalue weighted by Gasteiger charge is -1.95. The van der Waals surface area contributed by atoms with Gasteiger partial charge < -0.3 is 5.11 Å². The van der Waals surface area contributed by atoms with Crippen LogP contribution in [0.1, 0.15) is 12.8 Å². The third-order valence-electron chi connectivity index (χ3n) is 1.76. The van der Waals surface area contributed by atoms with Gasteiger partial charge in [0.1, 0.15) is 0 Å². The molecule has 58 valence electrons. The molecular formula is C7H9N3O. The summed E-state index contributed by atoms with van der Waals surface area (Å²) in [6, 6.07) is 0. The summed E-state index contributed by atoms with van der Waals surface area (Å²) in [7, 11) is 0. The van der Waals surface area contributed by atoms with Crippen LogP contribution in [0.4, 0.5) is 0 Å². The van der Waals surface area contributed by atoms with Gasteiger partial charge in [0.25, 0.3) is 0 Å². The second kappa shape index (κ2) is 2.47. The molecular weight excluding hydrogens is 142 g/mol. The normalized spacial score (nSPS) is 23.7. The van der Waals surface area contributed by atoms with Crippen LogP contribution in [-0.2, 0) is 0 Å². The zero-order chi connectivity index (χ0) is 7.68. The molecule has 11 heavy (non-hydrogen) atoms. The topological polar surface area (TPSA) is 50.9 Å². The van der Waals surface area contributed by atoms with Crippen molar-refractivity contribution in [1.29, 1.82) is 0 Å². The average Bonchev–Trinajstić information content (AvgIpc) is 2.55. The van der Waals surface area contributed by atoms with Crippen LogP contribution in [0.15, 0.2) is 18.5 Å². The molecule has 1 unspecified atom stereocenters. The van der Waals surface area contributed by atoms with Gasteiger partial charge in [-0.05, 0) is 18.9 Å². The standard InChI is InChI=1S/C7H9N3O/c11-7-2-1-6(5-7)10-8-3-4-9-10/h3-5,7,11H,1-2H2. The molecule has 0 amide bonds. The molecule has 0 saturated carbocycles. The fourth-order valence-corrected chi connectivity index (χ4v) is 1.22. The first-order chi connectivity index (χ1) is 5.36. The van der Waals surface area contributed by atoms with Crippen molar-refractivity contribution in [2.75, 3.05) is 0 Å². The number of aliphatic hydroxyl groups excluding tert-OH is 1. The van der Waals surface area contributed by atoms with Crippen molar-refractivity contribution < 1.29 is 5.11 Å². The minimum Gasteiger partial charge on any atom is -0.389 e. The van der Waals surface area contributed by atoms with E-state index in [1.54, 1.807) is 23.3 Å². The summed E-state index contributed by atoms with van der Waals surface area (Å²) in [5.74, 6) is 0. The van der Waals surface area contributed by atoms with Gasteiger partial charge in [0.15, 0.2) is 0 Å². The third-order valence-corrected chi connectivity index (χ3v) is 1.76. The Morgan fingerprint density at radius 2 is 2.18 bits per heavy atom. The van der Waals surface area contributed by atoms with Gasteiger partial charge in [0.05, 0.1) is 24.2 Å². The van der Waals surface area contributed by atoms with Crippen molar-refractivity contribution in [3.8, 4) is 0 Å². The quantitative estimate of drug-likeness (QED) is 0.627. The lowest BCUT2D eigenvalue weighted by molar-refractivity contribution is 0.223. The molecule has 0 bridgehead atoms. The molecule has 0 spiro atoms. The van der Waals surface area contributed by atoms with Gasteiger partial charge in [0, 0.05) is 0 Å². The Hall–Kier alpha value is -1.16. The highest BCUT2D eigenvalue weighted by molar-refractivity contribution is 5.46. The zero-order valence-electron chi connectivity index (χ0n) is 6.01. The smallest absolute Gasteiger partial charge is 0.0745 e. The lowest BCUT2D eigenvalue weighted by atomic mass is 10.3. The number of hydrogen-bond acceptors (Lipinski definition) is 3. The van der Waals surface area contributed by atoms with Crippen LogP contribution < -0.4 is 0 Å². The lowest BCUT2D eigenvalue weighted by Crippen LogP contribution is -1.98. The Kier molecular flexibility index (Phi) is 1.47. The predicted octanol–water partition coefficient (Wildman–Crippen LogP) is 0.274. The molecule has 1 N–H and O–H groups in total. The molecule has 1 aliphatic rings. The van der Waals surface area contributed by atoms with Gasteiger partial charge in [-0.3, -0.25) is 0 Å². The molecule has 0 aliphatic heterocycles. The highest BCUT2D eigenvalue weighted by Crippen LogP contribution is 2.20. The minimum atomic E-state index is -0.309. The van der Waals surface area contributed by atoms with E-state index in [0.717, 1.165) is 18.5 Å². The van der Waals surface area contributed by atoms with Crippen LogP contribution in [-0.4, -0.2) is 26.2 Å². The van der Waals surface area contributed by atoms with E-state index in [1.807, 2.05) is 0 Å². The Balaban J connectivity index is 2.25. The second-order valence-electron chi connectivity index (χ2n) is 2.58. The number of nitrogens with zero attached hydrogens (tertiary/aromatic N) is 3. The molecule has 1 aliphatic carbocycles. The molecule has 1 heterocycles. The summed E-state index contributed by atoms with van der Waals surface area (Å²) in [5, 5.41) is 17.1. The predicted molar refractivity (Wildman–Crippen MR) is 39.5 cm³/mol. The number of allylic oxidation sites excluding steroid dienone is 1. The van der Waals surface area contributed by atoms with Crippen LogP contribution in [0.25, 0.3) is 5.70 Å². The van der Waals surface area contributed by atoms with Gasteiger partial charge in [-0.15, -0.1) is 0 Å². The summed E-state index contributed by atoms with van der Waals surface area (Å²) in [5.41, 5.74) is 0.988. The van der Waals surface area contributed by atoms with Gasteiger partial charge in [0.2, 0.25) is 0 Å². The van der Waals surface area contributed by atoms with Crippen LogP contribution in [0, 0.1) is 0 Å². The highest BCUT2D eigenvalue weighted by Gasteiger charge is 2.14. The van der Waals surface area contributed by atoms with E-state index in [2.05, 4.69) is 10.2 Å². The van der Waals surface area contributed by atoms with E-state index in [-0.39, 0.29) is 6.10 Å². The van der Waals surface area contributed by atoms with Crippen molar-refractivity contribution in [1.82, 2.24) is 15.0 Å². The zero-order valence-corrected chi connectivity index (χ0v) is 6.01. The van der Waals surface area contributed by atoms with Crippen molar-refractivity contribution >= 4 is 5.70 Å². The summed E-state index contributed by atoms with van der Waals surface area (Å²) in [6.45, 7) is 0. The SMILES string of the molecule is OC1C=C(n2nccn2)CC1. The number of rotatable bonds is 1. The van der Waals surface area contributed by atoms with Gasteiger partial charge in [-0.1, -0.05) is 0 Å². The fraction of sp³-hybridized carbons (Fsp3) is 0.429. The molecule has 1 aromatic heterocycles. The van der Waals surface area contributed by atoms with E-state index in [1.165, 1.54) is 0 Å². The van der Waals surface area contributed by atoms with Gasteiger partial charge in [-0.25, -0.2) is 0 Å². The molecule has 0 radical (unpaired) electrons. The fourth-order valence-electron chi connectivity index (χ4n) is 1.22. The molecule has 4 nitrogen and oxygen atoms in total. The van der Waals surface area contributed by atoms with Crippen LogP contribution in [0.5, 0.6) is 0 Å². The second-order valence-corrected chi connectivity index (χ2v) is 2.58. The molecule has 0 aromatic carbocycles. The van der Waals surface area contributed by atoms with E-state index in [4.69, 9.17) is 5.11 Å².